The molecule has 1 amide bonds. The van der Waals surface area contributed by atoms with Gasteiger partial charge in [-0.2, -0.15) is 8.78 Å². The van der Waals surface area contributed by atoms with Crippen LogP contribution in [0.25, 0.3) is 5.69 Å². The third-order valence-electron chi connectivity index (χ3n) is 3.75. The molecule has 0 saturated carbocycles. The molecule has 134 valence electrons. The molecule has 8 heteroatoms. The third-order valence-corrected chi connectivity index (χ3v) is 3.75. The summed E-state index contributed by atoms with van der Waals surface area (Å²) in [7, 11) is 1.68. The summed E-state index contributed by atoms with van der Waals surface area (Å²) in [5, 5.41) is 7.48. The highest BCUT2D eigenvalue weighted by molar-refractivity contribution is 5.94. The van der Waals surface area contributed by atoms with Gasteiger partial charge >= 0.3 is 6.61 Å². The number of rotatable bonds is 6. The minimum Gasteiger partial charge on any atom is -0.435 e. The van der Waals surface area contributed by atoms with E-state index in [1.165, 1.54) is 12.1 Å². The van der Waals surface area contributed by atoms with E-state index in [2.05, 4.69) is 14.9 Å². The van der Waals surface area contributed by atoms with E-state index in [0.717, 1.165) is 11.3 Å². The van der Waals surface area contributed by atoms with E-state index >= 15 is 0 Å². The Kier molecular flexibility index (Phi) is 5.21. The molecule has 0 radical (unpaired) electrons. The van der Waals surface area contributed by atoms with Crippen LogP contribution in [0.2, 0.25) is 0 Å². The molecule has 0 N–H and O–H groups in total. The molecule has 2 aromatic carbocycles. The first-order chi connectivity index (χ1) is 12.5. The van der Waals surface area contributed by atoms with Crippen LogP contribution in [-0.4, -0.2) is 39.2 Å². The summed E-state index contributed by atoms with van der Waals surface area (Å²) >= 11 is 0. The largest absolute Gasteiger partial charge is 0.435 e. The van der Waals surface area contributed by atoms with Crippen molar-refractivity contribution in [1.29, 1.82) is 0 Å². The number of amides is 1. The zero-order valence-electron chi connectivity index (χ0n) is 13.9. The highest BCUT2D eigenvalue weighted by atomic mass is 19.3. The van der Waals surface area contributed by atoms with Gasteiger partial charge in [0.1, 0.15) is 18.4 Å². The molecule has 0 spiro atoms. The Bertz CT molecular complexity index is 850. The van der Waals surface area contributed by atoms with Gasteiger partial charge in [0.15, 0.2) is 0 Å². The van der Waals surface area contributed by atoms with E-state index in [1.807, 2.05) is 0 Å². The van der Waals surface area contributed by atoms with E-state index in [9.17, 15) is 13.6 Å². The van der Waals surface area contributed by atoms with Crippen molar-refractivity contribution in [3.8, 4) is 11.4 Å². The van der Waals surface area contributed by atoms with Gasteiger partial charge in [0.2, 0.25) is 0 Å². The quantitative estimate of drug-likeness (QED) is 0.679. The first-order valence-corrected chi connectivity index (χ1v) is 7.77. The Morgan fingerprint density at radius 1 is 1.08 bits per heavy atom. The maximum Gasteiger partial charge on any atom is 0.387 e. The molecule has 0 aliphatic carbocycles. The van der Waals surface area contributed by atoms with Crippen molar-refractivity contribution in [2.45, 2.75) is 13.2 Å². The summed E-state index contributed by atoms with van der Waals surface area (Å²) in [6.45, 7) is -2.51. The van der Waals surface area contributed by atoms with E-state index < -0.39 is 6.61 Å². The average Bonchev–Trinajstić information content (AvgIpc) is 3.17. The van der Waals surface area contributed by atoms with Crippen LogP contribution in [-0.2, 0) is 6.54 Å². The minimum atomic E-state index is -2.86. The molecule has 0 atom stereocenters. The number of nitrogens with zero attached hydrogens (tertiary/aromatic N) is 4. The van der Waals surface area contributed by atoms with Crippen molar-refractivity contribution in [2.75, 3.05) is 7.05 Å². The van der Waals surface area contributed by atoms with Crippen LogP contribution in [0.1, 0.15) is 15.9 Å². The van der Waals surface area contributed by atoms with Crippen molar-refractivity contribution < 1.29 is 18.3 Å². The van der Waals surface area contributed by atoms with Gasteiger partial charge in [-0.25, -0.2) is 0 Å². The smallest absolute Gasteiger partial charge is 0.387 e. The Hall–Kier alpha value is -3.29. The number of benzene rings is 2. The molecule has 0 fully saturated rings. The third kappa shape index (κ3) is 4.21. The first-order valence-electron chi connectivity index (χ1n) is 7.77. The van der Waals surface area contributed by atoms with Gasteiger partial charge in [-0.15, -0.1) is 10.2 Å². The van der Waals surface area contributed by atoms with Gasteiger partial charge in [0, 0.05) is 24.8 Å². The number of carbonyl (C=O) groups excluding carboxylic acids is 1. The Labute approximate surface area is 148 Å². The van der Waals surface area contributed by atoms with Crippen molar-refractivity contribution in [3.05, 3.63) is 72.3 Å². The Morgan fingerprint density at radius 2 is 1.69 bits per heavy atom. The Morgan fingerprint density at radius 3 is 2.27 bits per heavy atom. The lowest BCUT2D eigenvalue weighted by Gasteiger charge is -2.18. The van der Waals surface area contributed by atoms with Crippen LogP contribution in [0.3, 0.4) is 0 Å². The lowest BCUT2D eigenvalue weighted by Crippen LogP contribution is -2.26. The molecule has 1 heterocycles. The molecule has 3 rings (SSSR count). The van der Waals surface area contributed by atoms with Crippen LogP contribution in [0.5, 0.6) is 5.75 Å². The highest BCUT2D eigenvalue weighted by Crippen LogP contribution is 2.17. The molecule has 0 unspecified atom stereocenters. The van der Waals surface area contributed by atoms with Crippen molar-refractivity contribution in [3.63, 3.8) is 0 Å². The van der Waals surface area contributed by atoms with Gasteiger partial charge in [-0.05, 0) is 42.0 Å². The monoisotopic (exact) mass is 358 g/mol. The van der Waals surface area contributed by atoms with Crippen molar-refractivity contribution >= 4 is 5.91 Å². The van der Waals surface area contributed by atoms with E-state index in [4.69, 9.17) is 0 Å². The molecule has 0 saturated heterocycles. The van der Waals surface area contributed by atoms with Crippen LogP contribution in [0.4, 0.5) is 8.78 Å². The molecule has 0 bridgehead atoms. The fourth-order valence-corrected chi connectivity index (χ4v) is 2.45. The predicted octanol–water partition coefficient (Wildman–Crippen LogP) is 3.14. The van der Waals surface area contributed by atoms with Crippen LogP contribution in [0, 0.1) is 0 Å². The maximum absolute atomic E-state index is 12.5. The normalized spacial score (nSPS) is 10.8. The topological polar surface area (TPSA) is 60.2 Å². The molecule has 0 aliphatic rings. The number of hydrogen-bond donors (Lipinski definition) is 0. The number of ether oxygens (including phenoxy) is 1. The van der Waals surface area contributed by atoms with E-state index in [-0.39, 0.29) is 11.7 Å². The van der Waals surface area contributed by atoms with Gasteiger partial charge in [-0.1, -0.05) is 12.1 Å². The van der Waals surface area contributed by atoms with E-state index in [1.54, 1.807) is 65.6 Å². The standard InChI is InChI=1S/C18H16F2N4O2/c1-23(10-13-2-8-16(9-3-13)26-18(19)20)17(25)14-4-6-15(7-5-14)24-11-21-22-12-24/h2-9,11-12,18H,10H2,1H3. The van der Waals surface area contributed by atoms with Gasteiger partial charge in [0.05, 0.1) is 0 Å². The minimum absolute atomic E-state index is 0.0855. The summed E-state index contributed by atoms with van der Waals surface area (Å²) in [6, 6.07) is 13.3. The number of alkyl halides is 2. The summed E-state index contributed by atoms with van der Waals surface area (Å²) in [5.41, 5.74) is 2.20. The van der Waals surface area contributed by atoms with Gasteiger partial charge < -0.3 is 9.64 Å². The first kappa shape index (κ1) is 17.5. The fourth-order valence-electron chi connectivity index (χ4n) is 2.45. The maximum atomic E-state index is 12.5. The number of halogens is 2. The summed E-state index contributed by atoms with van der Waals surface area (Å²) in [5.74, 6) is -0.0597. The van der Waals surface area contributed by atoms with Crippen LogP contribution < -0.4 is 4.74 Å². The molecule has 6 nitrogen and oxygen atoms in total. The molecule has 1 aromatic heterocycles. The number of hydrogen-bond acceptors (Lipinski definition) is 4. The molecule has 26 heavy (non-hydrogen) atoms. The summed E-state index contributed by atoms with van der Waals surface area (Å²) in [4.78, 5) is 14.1. The average molecular weight is 358 g/mol. The lowest BCUT2D eigenvalue weighted by atomic mass is 10.1. The highest BCUT2D eigenvalue weighted by Gasteiger charge is 2.13. The summed E-state index contributed by atoms with van der Waals surface area (Å²) in [6.07, 6.45) is 3.15. The second-order valence-corrected chi connectivity index (χ2v) is 5.60. The number of aromatic nitrogens is 3. The summed E-state index contributed by atoms with van der Waals surface area (Å²) < 4.78 is 30.4. The van der Waals surface area contributed by atoms with Crippen molar-refractivity contribution in [1.82, 2.24) is 19.7 Å². The molecule has 3 aromatic rings. The second kappa shape index (κ2) is 7.73. The molecular formula is C18H16F2N4O2. The van der Waals surface area contributed by atoms with Gasteiger partial charge in [0.25, 0.3) is 5.91 Å². The van der Waals surface area contributed by atoms with Crippen molar-refractivity contribution in [2.24, 2.45) is 0 Å². The van der Waals surface area contributed by atoms with Crippen LogP contribution >= 0.6 is 0 Å². The van der Waals surface area contributed by atoms with Gasteiger partial charge in [-0.3, -0.25) is 9.36 Å². The van der Waals surface area contributed by atoms with Crippen LogP contribution in [0.15, 0.2) is 61.2 Å². The molecular weight excluding hydrogens is 342 g/mol. The fraction of sp³-hybridized carbons (Fsp3) is 0.167. The number of carbonyl (C=O) groups is 1. The zero-order chi connectivity index (χ0) is 18.5. The SMILES string of the molecule is CN(Cc1ccc(OC(F)F)cc1)C(=O)c1ccc(-n2cnnc2)cc1. The van der Waals surface area contributed by atoms with E-state index in [0.29, 0.717) is 12.1 Å². The lowest BCUT2D eigenvalue weighted by molar-refractivity contribution is -0.0498. The molecule has 0 aliphatic heterocycles. The second-order valence-electron chi connectivity index (χ2n) is 5.60. The zero-order valence-corrected chi connectivity index (χ0v) is 13.9. The Balaban J connectivity index is 1.64. The predicted molar refractivity (Wildman–Crippen MR) is 90.2 cm³/mol.